The minimum atomic E-state index is -4.10. The average molecular weight is 386 g/mol. The number of amides is 1. The quantitative estimate of drug-likeness (QED) is 0.535. The zero-order valence-corrected chi connectivity index (χ0v) is 15.3. The molecule has 0 aliphatic heterocycles. The molecule has 0 bridgehead atoms. The molecular formula is C19H19N2O5P. The van der Waals surface area contributed by atoms with E-state index in [1.807, 2.05) is 30.3 Å². The molecule has 8 heteroatoms. The molecule has 0 fully saturated rings. The number of hydrogen-bond acceptors (Lipinski definition) is 4. The number of nitrogens with zero attached hydrogens (tertiary/aromatic N) is 1. The summed E-state index contributed by atoms with van der Waals surface area (Å²) < 4.78 is 16.3. The molecule has 0 aliphatic rings. The maximum atomic E-state index is 12.2. The summed E-state index contributed by atoms with van der Waals surface area (Å²) >= 11 is 0. The van der Waals surface area contributed by atoms with Crippen LogP contribution in [0.15, 0.2) is 65.3 Å². The molecule has 2 aromatic carbocycles. The van der Waals surface area contributed by atoms with Gasteiger partial charge >= 0.3 is 7.60 Å². The number of nitrogens with one attached hydrogen (secondary N) is 1. The summed E-state index contributed by atoms with van der Waals surface area (Å²) in [4.78, 5) is 30.1. The molecular weight excluding hydrogens is 367 g/mol. The maximum absolute atomic E-state index is 12.2. The van der Waals surface area contributed by atoms with Gasteiger partial charge in [0.05, 0.1) is 12.4 Å². The first-order valence-electron chi connectivity index (χ1n) is 8.33. The fourth-order valence-electron chi connectivity index (χ4n) is 2.67. The van der Waals surface area contributed by atoms with Crippen LogP contribution in [0.25, 0.3) is 11.3 Å². The smallest absolute Gasteiger partial charge is 0.329 e. The Morgan fingerprint density at radius 3 is 2.44 bits per heavy atom. The number of hydrogen-bond donors (Lipinski definition) is 3. The molecule has 27 heavy (non-hydrogen) atoms. The van der Waals surface area contributed by atoms with Crippen LogP contribution in [-0.2, 0) is 21.9 Å². The number of aryl methyl sites for hydroxylation is 1. The SMILES string of the molecule is O=C(CCc1cnoc1-c1ccccc1)Nc1ccc(CP(=O)(O)O)cc1. The van der Waals surface area contributed by atoms with Crippen molar-refractivity contribution in [3.8, 4) is 11.3 Å². The van der Waals surface area contributed by atoms with Crippen molar-refractivity contribution in [2.24, 2.45) is 0 Å². The number of rotatable bonds is 7. The van der Waals surface area contributed by atoms with E-state index >= 15 is 0 Å². The van der Waals surface area contributed by atoms with Gasteiger partial charge in [0.1, 0.15) is 0 Å². The van der Waals surface area contributed by atoms with Crippen LogP contribution in [-0.4, -0.2) is 20.9 Å². The zero-order valence-electron chi connectivity index (χ0n) is 14.4. The van der Waals surface area contributed by atoms with Crippen LogP contribution in [0.5, 0.6) is 0 Å². The lowest BCUT2D eigenvalue weighted by Gasteiger charge is -2.07. The van der Waals surface area contributed by atoms with Gasteiger partial charge in [0.25, 0.3) is 0 Å². The van der Waals surface area contributed by atoms with Crippen LogP contribution in [0, 0.1) is 0 Å². The molecule has 1 heterocycles. The van der Waals surface area contributed by atoms with Crippen molar-refractivity contribution in [3.63, 3.8) is 0 Å². The summed E-state index contributed by atoms with van der Waals surface area (Å²) in [5.74, 6) is 0.489. The molecule has 0 atom stereocenters. The first kappa shape index (κ1) is 19.0. The first-order chi connectivity index (χ1) is 12.9. The van der Waals surface area contributed by atoms with E-state index in [2.05, 4.69) is 10.5 Å². The monoisotopic (exact) mass is 386 g/mol. The topological polar surface area (TPSA) is 113 Å². The molecule has 7 nitrogen and oxygen atoms in total. The third-order valence-electron chi connectivity index (χ3n) is 3.93. The highest BCUT2D eigenvalue weighted by atomic mass is 31.2. The Morgan fingerprint density at radius 1 is 1.07 bits per heavy atom. The van der Waals surface area contributed by atoms with E-state index in [1.165, 1.54) is 0 Å². The molecule has 140 valence electrons. The predicted octanol–water partition coefficient (Wildman–Crippen LogP) is 3.59. The maximum Gasteiger partial charge on any atom is 0.329 e. The molecule has 3 aromatic rings. The lowest BCUT2D eigenvalue weighted by atomic mass is 10.1. The first-order valence-corrected chi connectivity index (χ1v) is 10.1. The lowest BCUT2D eigenvalue weighted by molar-refractivity contribution is -0.116. The fourth-order valence-corrected chi connectivity index (χ4v) is 3.36. The average Bonchev–Trinajstić information content (AvgIpc) is 3.10. The zero-order chi connectivity index (χ0) is 19.3. The second-order valence-corrected chi connectivity index (χ2v) is 7.76. The van der Waals surface area contributed by atoms with E-state index in [1.54, 1.807) is 30.5 Å². The van der Waals surface area contributed by atoms with Crippen LogP contribution in [0.4, 0.5) is 5.69 Å². The van der Waals surface area contributed by atoms with E-state index in [-0.39, 0.29) is 18.5 Å². The van der Waals surface area contributed by atoms with Crippen LogP contribution in [0.2, 0.25) is 0 Å². The Balaban J connectivity index is 1.56. The Labute approximate surface area is 156 Å². The van der Waals surface area contributed by atoms with Gasteiger partial charge in [-0.1, -0.05) is 47.6 Å². The second kappa shape index (κ2) is 8.31. The highest BCUT2D eigenvalue weighted by molar-refractivity contribution is 7.50. The van der Waals surface area contributed by atoms with E-state index in [0.717, 1.165) is 11.1 Å². The van der Waals surface area contributed by atoms with Gasteiger partial charge in [0.15, 0.2) is 5.76 Å². The molecule has 3 N–H and O–H groups in total. The van der Waals surface area contributed by atoms with Crippen molar-refractivity contribution in [2.45, 2.75) is 19.0 Å². The Morgan fingerprint density at radius 2 is 1.78 bits per heavy atom. The number of anilines is 1. The number of aromatic nitrogens is 1. The predicted molar refractivity (Wildman–Crippen MR) is 101 cm³/mol. The summed E-state index contributed by atoms with van der Waals surface area (Å²) in [5, 5.41) is 6.60. The third kappa shape index (κ3) is 5.62. The molecule has 0 saturated heterocycles. The van der Waals surface area contributed by atoms with Crippen LogP contribution in [0.3, 0.4) is 0 Å². The Hall–Kier alpha value is -2.73. The van der Waals surface area contributed by atoms with Gasteiger partial charge in [0, 0.05) is 23.2 Å². The minimum absolute atomic E-state index is 0.169. The van der Waals surface area contributed by atoms with Crippen molar-refractivity contribution < 1.29 is 23.7 Å². The lowest BCUT2D eigenvalue weighted by Crippen LogP contribution is -2.12. The van der Waals surface area contributed by atoms with Crippen molar-refractivity contribution in [1.29, 1.82) is 0 Å². The molecule has 1 aromatic heterocycles. The van der Waals surface area contributed by atoms with E-state index < -0.39 is 7.60 Å². The van der Waals surface area contributed by atoms with Crippen LogP contribution in [0.1, 0.15) is 17.5 Å². The second-order valence-electron chi connectivity index (χ2n) is 6.11. The van der Waals surface area contributed by atoms with Crippen molar-refractivity contribution in [1.82, 2.24) is 5.16 Å². The van der Waals surface area contributed by atoms with Gasteiger partial charge in [-0.25, -0.2) is 0 Å². The third-order valence-corrected chi connectivity index (χ3v) is 4.70. The van der Waals surface area contributed by atoms with Crippen LogP contribution < -0.4 is 5.32 Å². The molecule has 0 spiro atoms. The summed E-state index contributed by atoms with van der Waals surface area (Å²) in [6, 6.07) is 16.0. The Kier molecular flexibility index (Phi) is 5.86. The van der Waals surface area contributed by atoms with E-state index in [9.17, 15) is 9.36 Å². The highest BCUT2D eigenvalue weighted by Crippen LogP contribution is 2.39. The molecule has 0 radical (unpaired) electrons. The minimum Gasteiger partial charge on any atom is -0.356 e. The van der Waals surface area contributed by atoms with Gasteiger partial charge in [-0.15, -0.1) is 0 Å². The standard InChI is InChI=1S/C19H19N2O5P/c22-18(21-17-9-6-14(7-10-17)13-27(23,24)25)11-8-16-12-20-26-19(16)15-4-2-1-3-5-15/h1-7,9-10,12H,8,11,13H2,(H,21,22)(H2,23,24,25). The largest absolute Gasteiger partial charge is 0.356 e. The van der Waals surface area contributed by atoms with Crippen molar-refractivity contribution in [2.75, 3.05) is 5.32 Å². The van der Waals surface area contributed by atoms with Gasteiger partial charge in [-0.05, 0) is 24.1 Å². The van der Waals surface area contributed by atoms with Gasteiger partial charge < -0.3 is 19.6 Å². The van der Waals surface area contributed by atoms with Crippen molar-refractivity contribution >= 4 is 19.2 Å². The normalized spacial score (nSPS) is 11.3. The summed E-state index contributed by atoms with van der Waals surface area (Å²) in [6.07, 6.45) is 2.03. The van der Waals surface area contributed by atoms with Gasteiger partial charge in [-0.2, -0.15) is 0 Å². The number of carbonyl (C=O) groups excluding carboxylic acids is 1. The summed E-state index contributed by atoms with van der Waals surface area (Å²) in [7, 11) is -4.10. The van der Waals surface area contributed by atoms with E-state index in [4.69, 9.17) is 14.3 Å². The highest BCUT2D eigenvalue weighted by Gasteiger charge is 2.14. The number of carbonyl (C=O) groups is 1. The fraction of sp³-hybridized carbons (Fsp3) is 0.158. The number of benzene rings is 2. The molecule has 0 saturated carbocycles. The van der Waals surface area contributed by atoms with Crippen molar-refractivity contribution in [3.05, 3.63) is 71.9 Å². The molecule has 0 unspecified atom stereocenters. The molecule has 0 aliphatic carbocycles. The van der Waals surface area contributed by atoms with E-state index in [0.29, 0.717) is 23.4 Å². The van der Waals surface area contributed by atoms with Crippen LogP contribution >= 0.6 is 7.60 Å². The summed E-state index contributed by atoms with van der Waals surface area (Å²) in [5.41, 5.74) is 2.85. The van der Waals surface area contributed by atoms with Gasteiger partial charge in [-0.3, -0.25) is 9.36 Å². The van der Waals surface area contributed by atoms with Gasteiger partial charge in [0.2, 0.25) is 5.91 Å². The summed E-state index contributed by atoms with van der Waals surface area (Å²) in [6.45, 7) is 0. The molecule has 3 rings (SSSR count). The Bertz CT molecular complexity index is 948. The molecule has 1 amide bonds.